The zero-order valence-electron chi connectivity index (χ0n) is 22.5. The van der Waals surface area contributed by atoms with Crippen molar-refractivity contribution in [3.05, 3.63) is 53.6 Å². The summed E-state index contributed by atoms with van der Waals surface area (Å²) in [6, 6.07) is 12.5. The molecule has 2 aliphatic heterocycles. The molecule has 1 atom stereocenters. The van der Waals surface area contributed by atoms with Gasteiger partial charge in [0.15, 0.2) is 11.5 Å². The van der Waals surface area contributed by atoms with E-state index in [4.69, 9.17) is 9.47 Å². The second-order valence-electron chi connectivity index (χ2n) is 10.5. The summed E-state index contributed by atoms with van der Waals surface area (Å²) in [6.07, 6.45) is 2.50. The Balaban J connectivity index is 1.52. The van der Waals surface area contributed by atoms with E-state index in [1.807, 2.05) is 42.2 Å². The van der Waals surface area contributed by atoms with Gasteiger partial charge in [-0.05, 0) is 68.4 Å². The summed E-state index contributed by atoms with van der Waals surface area (Å²) in [4.78, 5) is 15.9. The van der Waals surface area contributed by atoms with Crippen molar-refractivity contribution < 1.29 is 22.7 Å². The monoisotopic (exact) mass is 529 g/mol. The fraction of sp³-hybridized carbons (Fsp3) is 0.536. The number of ether oxygens (including phenoxy) is 2. The number of nitrogens with one attached hydrogen (secondary N) is 1. The van der Waals surface area contributed by atoms with Gasteiger partial charge in [-0.1, -0.05) is 37.6 Å². The number of piperidine rings is 1. The maximum atomic E-state index is 13.6. The third kappa shape index (κ3) is 5.63. The van der Waals surface area contributed by atoms with Gasteiger partial charge in [0.05, 0.1) is 30.8 Å². The average molecular weight is 530 g/mol. The molecule has 4 rings (SSSR count). The Morgan fingerprint density at radius 1 is 1.03 bits per heavy atom. The number of benzene rings is 2. The molecule has 1 N–H and O–H groups in total. The standard InChI is InChI=1S/C28H39N3O5S/c1-20(2)18-24-27(32)31(15-12-22-8-11-25(35-4)26(19-22)36-5)28(29-24)13-16-30(17-14-28)37(33,34)23-9-6-21(3)7-10-23/h6-11,19-20,24,29H,12-18H2,1-5H3/t24-/m1/s1. The van der Waals surface area contributed by atoms with Crippen LogP contribution >= 0.6 is 0 Å². The van der Waals surface area contributed by atoms with Gasteiger partial charge in [0, 0.05) is 19.6 Å². The molecule has 2 fully saturated rings. The van der Waals surface area contributed by atoms with Crippen molar-refractivity contribution >= 4 is 15.9 Å². The first-order valence-electron chi connectivity index (χ1n) is 13.0. The molecule has 8 nitrogen and oxygen atoms in total. The van der Waals surface area contributed by atoms with E-state index >= 15 is 0 Å². The summed E-state index contributed by atoms with van der Waals surface area (Å²) in [6.45, 7) is 7.43. The lowest BCUT2D eigenvalue weighted by atomic mass is 9.96. The first-order valence-corrected chi connectivity index (χ1v) is 14.4. The lowest BCUT2D eigenvalue weighted by Gasteiger charge is -2.44. The molecule has 2 aromatic rings. The van der Waals surface area contributed by atoms with Crippen molar-refractivity contribution in [2.24, 2.45) is 5.92 Å². The van der Waals surface area contributed by atoms with E-state index in [1.165, 1.54) is 0 Å². The van der Waals surface area contributed by atoms with E-state index in [1.54, 1.807) is 30.7 Å². The molecule has 202 valence electrons. The number of hydrogen-bond donors (Lipinski definition) is 1. The molecular weight excluding hydrogens is 490 g/mol. The molecule has 2 aliphatic rings. The van der Waals surface area contributed by atoms with Crippen LogP contribution in [0.15, 0.2) is 47.4 Å². The minimum Gasteiger partial charge on any atom is -0.493 e. The number of rotatable bonds is 9. The Morgan fingerprint density at radius 3 is 2.27 bits per heavy atom. The number of hydrogen-bond acceptors (Lipinski definition) is 6. The number of carbonyl (C=O) groups is 1. The highest BCUT2D eigenvalue weighted by atomic mass is 32.2. The Hall–Kier alpha value is -2.62. The molecule has 0 unspecified atom stereocenters. The van der Waals surface area contributed by atoms with Gasteiger partial charge < -0.3 is 14.4 Å². The van der Waals surface area contributed by atoms with Gasteiger partial charge in [0.2, 0.25) is 15.9 Å². The number of amides is 1. The van der Waals surface area contributed by atoms with Crippen molar-refractivity contribution in [1.29, 1.82) is 0 Å². The van der Waals surface area contributed by atoms with Crippen LogP contribution < -0.4 is 14.8 Å². The smallest absolute Gasteiger partial charge is 0.243 e. The second-order valence-corrected chi connectivity index (χ2v) is 12.4. The third-order valence-corrected chi connectivity index (χ3v) is 9.42. The fourth-order valence-electron chi connectivity index (χ4n) is 5.47. The molecule has 2 aromatic carbocycles. The van der Waals surface area contributed by atoms with Gasteiger partial charge in [-0.3, -0.25) is 10.1 Å². The van der Waals surface area contributed by atoms with E-state index in [0.29, 0.717) is 61.2 Å². The quantitative estimate of drug-likeness (QED) is 0.534. The lowest BCUT2D eigenvalue weighted by Crippen LogP contribution is -2.59. The van der Waals surface area contributed by atoms with Crippen molar-refractivity contribution in [2.45, 2.75) is 63.1 Å². The Morgan fingerprint density at radius 2 is 1.68 bits per heavy atom. The van der Waals surface area contributed by atoms with Crippen LogP contribution in [0.25, 0.3) is 0 Å². The largest absolute Gasteiger partial charge is 0.493 e. The molecule has 1 spiro atoms. The molecule has 2 heterocycles. The highest BCUT2D eigenvalue weighted by Crippen LogP contribution is 2.36. The van der Waals surface area contributed by atoms with Crippen molar-refractivity contribution in [3.63, 3.8) is 0 Å². The van der Waals surface area contributed by atoms with Crippen molar-refractivity contribution in [1.82, 2.24) is 14.5 Å². The Labute approximate surface area is 221 Å². The highest BCUT2D eigenvalue weighted by molar-refractivity contribution is 7.89. The van der Waals surface area contributed by atoms with Crippen LogP contribution in [-0.4, -0.2) is 69.1 Å². The molecule has 0 radical (unpaired) electrons. The minimum absolute atomic E-state index is 0.101. The Bertz CT molecular complexity index is 1200. The predicted molar refractivity (Wildman–Crippen MR) is 143 cm³/mol. The summed E-state index contributed by atoms with van der Waals surface area (Å²) in [7, 11) is -0.364. The van der Waals surface area contributed by atoms with Gasteiger partial charge in [-0.25, -0.2) is 8.42 Å². The van der Waals surface area contributed by atoms with Crippen LogP contribution in [0.2, 0.25) is 0 Å². The van der Waals surface area contributed by atoms with Crippen LogP contribution in [0.5, 0.6) is 11.5 Å². The maximum Gasteiger partial charge on any atom is 0.243 e. The Kier molecular flexibility index (Phi) is 8.16. The molecule has 1 amide bonds. The van der Waals surface area contributed by atoms with Gasteiger partial charge in [0.1, 0.15) is 0 Å². The van der Waals surface area contributed by atoms with Crippen LogP contribution in [0.1, 0.15) is 44.2 Å². The number of sulfonamides is 1. The van der Waals surface area contributed by atoms with Crippen LogP contribution in [0.4, 0.5) is 0 Å². The third-order valence-electron chi connectivity index (χ3n) is 7.51. The topological polar surface area (TPSA) is 88.2 Å². The highest BCUT2D eigenvalue weighted by Gasteiger charge is 2.52. The average Bonchev–Trinajstić information content (AvgIpc) is 3.12. The van der Waals surface area contributed by atoms with E-state index in [2.05, 4.69) is 19.2 Å². The van der Waals surface area contributed by atoms with Gasteiger partial charge in [-0.15, -0.1) is 0 Å². The summed E-state index contributed by atoms with van der Waals surface area (Å²) < 4.78 is 38.9. The van der Waals surface area contributed by atoms with Gasteiger partial charge in [-0.2, -0.15) is 4.31 Å². The van der Waals surface area contributed by atoms with Crippen LogP contribution in [0.3, 0.4) is 0 Å². The van der Waals surface area contributed by atoms with Crippen LogP contribution in [-0.2, 0) is 21.2 Å². The van der Waals surface area contributed by atoms with E-state index in [9.17, 15) is 13.2 Å². The van der Waals surface area contributed by atoms with Gasteiger partial charge >= 0.3 is 0 Å². The molecule has 0 saturated carbocycles. The van der Waals surface area contributed by atoms with E-state index in [-0.39, 0.29) is 11.9 Å². The van der Waals surface area contributed by atoms with Crippen LogP contribution in [0, 0.1) is 12.8 Å². The maximum absolute atomic E-state index is 13.6. The molecule has 9 heteroatoms. The number of carbonyl (C=O) groups excluding carboxylic acids is 1. The summed E-state index contributed by atoms with van der Waals surface area (Å²) in [5.74, 6) is 1.80. The number of methoxy groups -OCH3 is 2. The number of aryl methyl sites for hydroxylation is 1. The molecular formula is C28H39N3O5S. The minimum atomic E-state index is -3.58. The van der Waals surface area contributed by atoms with Gasteiger partial charge in [0.25, 0.3) is 0 Å². The zero-order valence-corrected chi connectivity index (χ0v) is 23.3. The van der Waals surface area contributed by atoms with Crippen molar-refractivity contribution in [3.8, 4) is 11.5 Å². The molecule has 0 aromatic heterocycles. The zero-order chi connectivity index (χ0) is 26.8. The van der Waals surface area contributed by atoms with E-state index < -0.39 is 15.7 Å². The summed E-state index contributed by atoms with van der Waals surface area (Å²) in [5.41, 5.74) is 1.52. The molecule has 0 bridgehead atoms. The SMILES string of the molecule is COc1ccc(CCN2C(=O)[C@@H](CC(C)C)NC23CCN(S(=O)(=O)c2ccc(C)cc2)CC3)cc1OC. The lowest BCUT2D eigenvalue weighted by molar-refractivity contribution is -0.133. The second kappa shape index (κ2) is 11.0. The predicted octanol–water partition coefficient (Wildman–Crippen LogP) is 3.58. The first-order chi connectivity index (χ1) is 17.6. The molecule has 37 heavy (non-hydrogen) atoms. The fourth-order valence-corrected chi connectivity index (χ4v) is 6.91. The first kappa shape index (κ1) is 27.4. The summed E-state index contributed by atoms with van der Waals surface area (Å²) >= 11 is 0. The normalized spacial score (nSPS) is 20.1. The number of nitrogens with zero attached hydrogens (tertiary/aromatic N) is 2. The summed E-state index contributed by atoms with van der Waals surface area (Å²) in [5, 5.41) is 3.64. The molecule has 2 saturated heterocycles. The van der Waals surface area contributed by atoms with E-state index in [0.717, 1.165) is 17.5 Å². The van der Waals surface area contributed by atoms with Crippen molar-refractivity contribution in [2.75, 3.05) is 33.9 Å². The molecule has 0 aliphatic carbocycles.